The Balaban J connectivity index is 0.00000280. The van der Waals surface area contributed by atoms with Gasteiger partial charge in [-0.25, -0.2) is 4.98 Å². The van der Waals surface area contributed by atoms with E-state index in [0.29, 0.717) is 12.1 Å². The minimum Gasteiger partial charge on any atom is -0.309 e. The van der Waals surface area contributed by atoms with Gasteiger partial charge in [0.2, 0.25) is 0 Å². The minimum atomic E-state index is 0. The fraction of sp³-hybridized carbons (Fsp3) is 0.364. The van der Waals surface area contributed by atoms with Gasteiger partial charge in [0.25, 0.3) is 5.91 Å². The third-order valence-electron chi connectivity index (χ3n) is 4.54. The van der Waals surface area contributed by atoms with E-state index in [1.165, 1.54) is 11.1 Å². The van der Waals surface area contributed by atoms with Gasteiger partial charge in [-0.05, 0) is 77.2 Å². The van der Waals surface area contributed by atoms with E-state index in [-0.39, 0.29) is 18.3 Å². The molecule has 0 bridgehead atoms. The number of amides is 1. The molecule has 150 valence electrons. The number of hydrogen-bond donors (Lipinski definition) is 0. The van der Waals surface area contributed by atoms with Crippen LogP contribution in [0.15, 0.2) is 36.4 Å². The Hall–Kier alpha value is -1.95. The molecule has 0 unspecified atom stereocenters. The van der Waals surface area contributed by atoms with Crippen molar-refractivity contribution in [2.75, 3.05) is 32.1 Å². The van der Waals surface area contributed by atoms with Crippen molar-refractivity contribution in [3.8, 4) is 0 Å². The molecule has 0 aliphatic heterocycles. The highest BCUT2D eigenvalue weighted by molar-refractivity contribution is 7.22. The molecule has 2 aromatic carbocycles. The zero-order chi connectivity index (χ0) is 19.6. The summed E-state index contributed by atoms with van der Waals surface area (Å²) in [5, 5.41) is 0.781. The molecule has 3 aromatic rings. The van der Waals surface area contributed by atoms with Gasteiger partial charge in [-0.2, -0.15) is 0 Å². The standard InChI is InChI=1S/C22H27N3OS.ClH/c1-15-8-6-9-18(13-15)21(26)25(11-7-10-24(4)5)22-23-19-14-16(2)12-17(3)20(19)27-22;/h6,8-9,12-14H,7,10-11H2,1-5H3;1H. The van der Waals surface area contributed by atoms with Crippen LogP contribution in [0.2, 0.25) is 0 Å². The summed E-state index contributed by atoms with van der Waals surface area (Å²) in [6.45, 7) is 7.79. The molecule has 0 radical (unpaired) electrons. The summed E-state index contributed by atoms with van der Waals surface area (Å²) < 4.78 is 1.16. The normalized spacial score (nSPS) is 10.9. The van der Waals surface area contributed by atoms with Crippen LogP contribution in [0.1, 0.15) is 33.5 Å². The van der Waals surface area contributed by atoms with Gasteiger partial charge in [-0.15, -0.1) is 12.4 Å². The fourth-order valence-corrected chi connectivity index (χ4v) is 4.28. The molecular weight excluding hydrogens is 390 g/mol. The summed E-state index contributed by atoms with van der Waals surface area (Å²) in [5.41, 5.74) is 5.19. The lowest BCUT2D eigenvalue weighted by atomic mass is 10.1. The zero-order valence-corrected chi connectivity index (χ0v) is 18.8. The largest absolute Gasteiger partial charge is 0.309 e. The first kappa shape index (κ1) is 22.3. The van der Waals surface area contributed by atoms with Crippen molar-refractivity contribution in [1.29, 1.82) is 0 Å². The van der Waals surface area contributed by atoms with E-state index < -0.39 is 0 Å². The third kappa shape index (κ3) is 5.10. The van der Waals surface area contributed by atoms with E-state index in [2.05, 4.69) is 45.0 Å². The van der Waals surface area contributed by atoms with Gasteiger partial charge in [0, 0.05) is 12.1 Å². The summed E-state index contributed by atoms with van der Waals surface area (Å²) in [4.78, 5) is 22.1. The van der Waals surface area contributed by atoms with E-state index >= 15 is 0 Å². The highest BCUT2D eigenvalue weighted by atomic mass is 35.5. The summed E-state index contributed by atoms with van der Waals surface area (Å²) >= 11 is 1.61. The Kier molecular flexibility index (Phi) is 7.58. The molecule has 1 aromatic heterocycles. The van der Waals surface area contributed by atoms with Crippen molar-refractivity contribution in [2.24, 2.45) is 0 Å². The van der Waals surface area contributed by atoms with Gasteiger partial charge >= 0.3 is 0 Å². The number of fused-ring (bicyclic) bond motifs is 1. The number of halogens is 1. The minimum absolute atomic E-state index is 0. The molecule has 1 amide bonds. The number of benzene rings is 2. The fourth-order valence-electron chi connectivity index (χ4n) is 3.24. The molecule has 6 heteroatoms. The Morgan fingerprint density at radius 2 is 1.79 bits per heavy atom. The van der Waals surface area contributed by atoms with Gasteiger partial charge < -0.3 is 4.90 Å². The van der Waals surface area contributed by atoms with Crippen LogP contribution in [0, 0.1) is 20.8 Å². The number of hydrogen-bond acceptors (Lipinski definition) is 4. The van der Waals surface area contributed by atoms with Crippen LogP contribution >= 0.6 is 23.7 Å². The first-order chi connectivity index (χ1) is 12.8. The second kappa shape index (κ2) is 9.50. The van der Waals surface area contributed by atoms with E-state index in [0.717, 1.165) is 33.9 Å². The first-order valence-electron chi connectivity index (χ1n) is 9.26. The second-order valence-electron chi connectivity index (χ2n) is 7.41. The van der Waals surface area contributed by atoms with Crippen molar-refractivity contribution < 1.29 is 4.79 Å². The molecular formula is C22H28ClN3OS. The van der Waals surface area contributed by atoms with Gasteiger partial charge in [0.15, 0.2) is 5.13 Å². The predicted octanol–water partition coefficient (Wildman–Crippen LogP) is 5.24. The molecule has 0 atom stereocenters. The van der Waals surface area contributed by atoms with Crippen molar-refractivity contribution >= 4 is 45.0 Å². The predicted molar refractivity (Wildman–Crippen MR) is 122 cm³/mol. The molecule has 0 aliphatic carbocycles. The average Bonchev–Trinajstić information content (AvgIpc) is 3.02. The molecule has 28 heavy (non-hydrogen) atoms. The number of anilines is 1. The molecule has 0 N–H and O–H groups in total. The van der Waals surface area contributed by atoms with Crippen LogP contribution in [-0.4, -0.2) is 43.0 Å². The maximum atomic E-state index is 13.3. The summed E-state index contributed by atoms with van der Waals surface area (Å²) in [5.74, 6) is 0.0193. The number of rotatable bonds is 6. The number of nitrogens with zero attached hydrogens (tertiary/aromatic N) is 3. The average molecular weight is 418 g/mol. The summed E-state index contributed by atoms with van der Waals surface area (Å²) in [7, 11) is 4.10. The SMILES string of the molecule is Cc1cccc(C(=O)N(CCCN(C)C)c2nc3cc(C)cc(C)c3s2)c1.Cl. The number of aromatic nitrogens is 1. The monoisotopic (exact) mass is 417 g/mol. The Morgan fingerprint density at radius 1 is 1.04 bits per heavy atom. The lowest BCUT2D eigenvalue weighted by Gasteiger charge is -2.21. The van der Waals surface area contributed by atoms with Crippen molar-refractivity contribution in [1.82, 2.24) is 9.88 Å². The maximum absolute atomic E-state index is 13.3. The molecule has 0 aliphatic rings. The number of aryl methyl sites for hydroxylation is 3. The Bertz CT molecular complexity index is 968. The maximum Gasteiger partial charge on any atom is 0.260 e. The van der Waals surface area contributed by atoms with Crippen LogP contribution in [0.25, 0.3) is 10.2 Å². The summed E-state index contributed by atoms with van der Waals surface area (Å²) in [6.07, 6.45) is 0.901. The first-order valence-corrected chi connectivity index (χ1v) is 10.1. The van der Waals surface area contributed by atoms with Crippen molar-refractivity contribution in [3.63, 3.8) is 0 Å². The van der Waals surface area contributed by atoms with E-state index in [4.69, 9.17) is 4.98 Å². The van der Waals surface area contributed by atoms with Crippen LogP contribution in [0.4, 0.5) is 5.13 Å². The molecule has 0 saturated heterocycles. The van der Waals surface area contributed by atoms with E-state index in [1.54, 1.807) is 11.3 Å². The van der Waals surface area contributed by atoms with Crippen LogP contribution in [0.3, 0.4) is 0 Å². The summed E-state index contributed by atoms with van der Waals surface area (Å²) in [6, 6.07) is 12.0. The van der Waals surface area contributed by atoms with Gasteiger partial charge in [-0.1, -0.05) is 35.1 Å². The van der Waals surface area contributed by atoms with Crippen molar-refractivity contribution in [2.45, 2.75) is 27.2 Å². The molecule has 0 saturated carbocycles. The van der Waals surface area contributed by atoms with Crippen LogP contribution in [0.5, 0.6) is 0 Å². The molecule has 1 heterocycles. The van der Waals surface area contributed by atoms with Gasteiger partial charge in [-0.3, -0.25) is 9.69 Å². The van der Waals surface area contributed by atoms with Crippen LogP contribution in [-0.2, 0) is 0 Å². The number of thiazole rings is 1. The zero-order valence-electron chi connectivity index (χ0n) is 17.2. The smallest absolute Gasteiger partial charge is 0.260 e. The Morgan fingerprint density at radius 3 is 2.46 bits per heavy atom. The van der Waals surface area contributed by atoms with E-state index in [1.807, 2.05) is 36.1 Å². The number of carbonyl (C=O) groups excluding carboxylic acids is 1. The van der Waals surface area contributed by atoms with Crippen molar-refractivity contribution in [3.05, 3.63) is 58.7 Å². The Labute approximate surface area is 177 Å². The van der Waals surface area contributed by atoms with Gasteiger partial charge in [0.1, 0.15) is 0 Å². The van der Waals surface area contributed by atoms with Gasteiger partial charge in [0.05, 0.1) is 10.2 Å². The third-order valence-corrected chi connectivity index (χ3v) is 5.77. The van der Waals surface area contributed by atoms with Crippen LogP contribution < -0.4 is 4.90 Å². The number of carbonyl (C=O) groups is 1. The molecule has 0 spiro atoms. The second-order valence-corrected chi connectivity index (χ2v) is 8.39. The molecule has 0 fully saturated rings. The highest BCUT2D eigenvalue weighted by Crippen LogP contribution is 2.33. The molecule has 3 rings (SSSR count). The topological polar surface area (TPSA) is 36.4 Å². The quantitative estimate of drug-likeness (QED) is 0.550. The lowest BCUT2D eigenvalue weighted by Crippen LogP contribution is -2.33. The molecule has 4 nitrogen and oxygen atoms in total. The highest BCUT2D eigenvalue weighted by Gasteiger charge is 2.21. The van der Waals surface area contributed by atoms with E-state index in [9.17, 15) is 4.79 Å². The lowest BCUT2D eigenvalue weighted by molar-refractivity contribution is 0.0986.